The first-order valence-corrected chi connectivity index (χ1v) is 14.5. The molecule has 3 aromatic carbocycles. The average molecular weight is 602 g/mol. The average Bonchev–Trinajstić information content (AvgIpc) is 3.25. The number of hydrogen-bond donors (Lipinski definition) is 2. The van der Waals surface area contributed by atoms with Crippen LogP contribution in [0.4, 0.5) is 13.2 Å². The minimum atomic E-state index is -4.30. The third-order valence-electron chi connectivity index (χ3n) is 6.74. The van der Waals surface area contributed by atoms with Crippen LogP contribution in [0.5, 0.6) is 5.75 Å². The van der Waals surface area contributed by atoms with Crippen molar-refractivity contribution in [3.63, 3.8) is 0 Å². The highest BCUT2D eigenvalue weighted by molar-refractivity contribution is 7.90. The van der Waals surface area contributed by atoms with Gasteiger partial charge in [-0.1, -0.05) is 31.2 Å². The molecule has 0 saturated carbocycles. The Morgan fingerprint density at radius 2 is 1.62 bits per heavy atom. The number of carbonyl (C=O) groups is 2. The van der Waals surface area contributed by atoms with Crippen molar-refractivity contribution >= 4 is 32.7 Å². The lowest BCUT2D eigenvalue weighted by Crippen LogP contribution is -2.30. The Labute approximate surface area is 241 Å². The molecule has 4 rings (SSSR count). The molecule has 12 heteroatoms. The molecular formula is C30H30F3N3O5S. The smallest absolute Gasteiger partial charge is 0.389 e. The summed E-state index contributed by atoms with van der Waals surface area (Å²) in [5.41, 5.74) is 2.80. The number of ether oxygens (including phenoxy) is 1. The summed E-state index contributed by atoms with van der Waals surface area (Å²) in [6.07, 6.45) is -3.03. The maximum Gasteiger partial charge on any atom is 0.389 e. The number of alkyl halides is 3. The summed E-state index contributed by atoms with van der Waals surface area (Å²) in [4.78, 5) is 25.5. The highest BCUT2D eigenvalue weighted by Gasteiger charge is 2.30. The number of aryl methyl sites for hydroxylation is 1. The molecule has 4 aromatic rings. The normalized spacial score (nSPS) is 12.6. The molecule has 0 bridgehead atoms. The molecule has 1 aromatic heterocycles. The first-order chi connectivity index (χ1) is 19.8. The summed E-state index contributed by atoms with van der Waals surface area (Å²) in [6.45, 7) is 1.32. The number of methoxy groups -OCH3 is 1. The van der Waals surface area contributed by atoms with Gasteiger partial charge in [0.1, 0.15) is 5.75 Å². The first-order valence-electron chi connectivity index (χ1n) is 13.0. The monoisotopic (exact) mass is 601 g/mol. The standard InChI is InChI=1S/C30H30F3N3O5S/c1-19(16-30(31,32)33)17-34-28(37)21-11-12-26-25(14-21)23(18-36(26)2)13-20-9-10-22(15-27(20)41-3)29(38)35-42(39,40)24-7-5-4-6-8-24/h4-12,14-15,18-19H,13,16-17H2,1-3H3,(H,34,37)(H,35,38)/t19-/m1/s1. The molecule has 2 amide bonds. The molecule has 42 heavy (non-hydrogen) atoms. The zero-order valence-electron chi connectivity index (χ0n) is 23.2. The molecule has 1 atom stereocenters. The Bertz CT molecular complexity index is 1720. The minimum absolute atomic E-state index is 0.0400. The maximum absolute atomic E-state index is 12.8. The second-order valence-corrected chi connectivity index (χ2v) is 11.8. The van der Waals surface area contributed by atoms with E-state index in [-0.39, 0.29) is 17.0 Å². The number of nitrogens with one attached hydrogen (secondary N) is 2. The van der Waals surface area contributed by atoms with Crippen LogP contribution in [0.2, 0.25) is 0 Å². The maximum atomic E-state index is 12.8. The van der Waals surface area contributed by atoms with Gasteiger partial charge < -0.3 is 14.6 Å². The third-order valence-corrected chi connectivity index (χ3v) is 8.08. The fraction of sp³-hybridized carbons (Fsp3) is 0.267. The lowest BCUT2D eigenvalue weighted by Gasteiger charge is -2.15. The van der Waals surface area contributed by atoms with E-state index in [4.69, 9.17) is 4.74 Å². The van der Waals surface area contributed by atoms with Crippen LogP contribution in [0.15, 0.2) is 77.8 Å². The number of benzene rings is 3. The predicted octanol–water partition coefficient (Wildman–Crippen LogP) is 5.21. The van der Waals surface area contributed by atoms with Crippen LogP contribution in [0, 0.1) is 5.92 Å². The van der Waals surface area contributed by atoms with Gasteiger partial charge in [0.05, 0.1) is 12.0 Å². The molecule has 0 fully saturated rings. The van der Waals surface area contributed by atoms with Crippen LogP contribution in [-0.2, 0) is 23.5 Å². The Morgan fingerprint density at radius 3 is 2.29 bits per heavy atom. The SMILES string of the molecule is COc1cc(C(=O)NS(=O)(=O)c2ccccc2)ccc1Cc1cn(C)c2ccc(C(=O)NC[C@H](C)CC(F)(F)F)cc12. The Morgan fingerprint density at radius 1 is 0.952 bits per heavy atom. The topological polar surface area (TPSA) is 106 Å². The number of rotatable bonds is 10. The minimum Gasteiger partial charge on any atom is -0.496 e. The number of hydrogen-bond acceptors (Lipinski definition) is 5. The van der Waals surface area contributed by atoms with Gasteiger partial charge in [0.15, 0.2) is 0 Å². The van der Waals surface area contributed by atoms with Crippen molar-refractivity contribution in [3.8, 4) is 5.75 Å². The molecule has 0 aliphatic rings. The van der Waals surface area contributed by atoms with Crippen LogP contribution in [0.3, 0.4) is 0 Å². The highest BCUT2D eigenvalue weighted by atomic mass is 32.2. The fourth-order valence-electron chi connectivity index (χ4n) is 4.67. The predicted molar refractivity (Wildman–Crippen MR) is 152 cm³/mol. The number of sulfonamides is 1. The Hall–Kier alpha value is -4.32. The lowest BCUT2D eigenvalue weighted by molar-refractivity contribution is -0.142. The molecule has 8 nitrogen and oxygen atoms in total. The van der Waals surface area contributed by atoms with Gasteiger partial charge in [-0.05, 0) is 59.5 Å². The third kappa shape index (κ3) is 7.30. The van der Waals surface area contributed by atoms with E-state index in [0.717, 1.165) is 16.5 Å². The van der Waals surface area contributed by atoms with Gasteiger partial charge in [-0.2, -0.15) is 13.2 Å². The molecular weight excluding hydrogens is 571 g/mol. The summed E-state index contributed by atoms with van der Waals surface area (Å²) in [6, 6.07) is 17.2. The van der Waals surface area contributed by atoms with Gasteiger partial charge in [-0.25, -0.2) is 13.1 Å². The van der Waals surface area contributed by atoms with E-state index in [0.29, 0.717) is 23.3 Å². The van der Waals surface area contributed by atoms with E-state index in [1.807, 2.05) is 17.8 Å². The van der Waals surface area contributed by atoms with Crippen molar-refractivity contribution in [3.05, 3.63) is 95.2 Å². The summed E-state index contributed by atoms with van der Waals surface area (Å²) >= 11 is 0. The van der Waals surface area contributed by atoms with Gasteiger partial charge in [0, 0.05) is 54.7 Å². The zero-order valence-corrected chi connectivity index (χ0v) is 24.0. The summed E-state index contributed by atoms with van der Waals surface area (Å²) in [5, 5.41) is 3.35. The van der Waals surface area contributed by atoms with Crippen LogP contribution >= 0.6 is 0 Å². The van der Waals surface area contributed by atoms with Crippen molar-refractivity contribution < 1.29 is 35.9 Å². The van der Waals surface area contributed by atoms with E-state index < -0.39 is 40.4 Å². The van der Waals surface area contributed by atoms with Gasteiger partial charge in [0.2, 0.25) is 0 Å². The Kier molecular flexibility index (Phi) is 8.95. The van der Waals surface area contributed by atoms with Crippen LogP contribution < -0.4 is 14.8 Å². The number of halogens is 3. The largest absolute Gasteiger partial charge is 0.496 e. The number of nitrogens with zero attached hydrogens (tertiary/aromatic N) is 1. The van der Waals surface area contributed by atoms with Gasteiger partial charge in [-0.3, -0.25) is 9.59 Å². The first kappa shape index (κ1) is 30.6. The molecule has 0 aliphatic heterocycles. The fourth-order valence-corrected chi connectivity index (χ4v) is 5.66. The highest BCUT2D eigenvalue weighted by Crippen LogP contribution is 2.29. The van der Waals surface area contributed by atoms with E-state index in [1.54, 1.807) is 42.5 Å². The van der Waals surface area contributed by atoms with Crippen molar-refractivity contribution in [2.75, 3.05) is 13.7 Å². The van der Waals surface area contributed by atoms with Crippen molar-refractivity contribution in [1.29, 1.82) is 0 Å². The van der Waals surface area contributed by atoms with Gasteiger partial charge in [-0.15, -0.1) is 0 Å². The molecule has 0 aliphatic carbocycles. The quantitative estimate of drug-likeness (QED) is 0.260. The number of amides is 2. The second kappa shape index (κ2) is 12.3. The van der Waals surface area contributed by atoms with Crippen molar-refractivity contribution in [1.82, 2.24) is 14.6 Å². The molecule has 0 radical (unpaired) electrons. The number of aromatic nitrogens is 1. The molecule has 222 valence electrons. The Balaban J connectivity index is 1.53. The number of fused-ring (bicyclic) bond motifs is 1. The summed E-state index contributed by atoms with van der Waals surface area (Å²) < 4.78 is 72.5. The van der Waals surface area contributed by atoms with E-state index in [9.17, 15) is 31.2 Å². The molecule has 0 unspecified atom stereocenters. The van der Waals surface area contributed by atoms with Gasteiger partial charge >= 0.3 is 6.18 Å². The molecule has 2 N–H and O–H groups in total. The van der Waals surface area contributed by atoms with E-state index in [2.05, 4.69) is 10.0 Å². The summed E-state index contributed by atoms with van der Waals surface area (Å²) in [7, 11) is -0.775. The summed E-state index contributed by atoms with van der Waals surface area (Å²) in [5.74, 6) is -1.68. The molecule has 1 heterocycles. The van der Waals surface area contributed by atoms with Crippen molar-refractivity contribution in [2.45, 2.75) is 30.8 Å². The molecule has 0 saturated heterocycles. The van der Waals surface area contributed by atoms with E-state index >= 15 is 0 Å². The van der Waals surface area contributed by atoms with Gasteiger partial charge in [0.25, 0.3) is 21.8 Å². The van der Waals surface area contributed by atoms with Crippen LogP contribution in [0.1, 0.15) is 45.2 Å². The van der Waals surface area contributed by atoms with E-state index in [1.165, 1.54) is 38.3 Å². The molecule has 0 spiro atoms. The van der Waals surface area contributed by atoms with Crippen molar-refractivity contribution in [2.24, 2.45) is 13.0 Å². The zero-order chi connectivity index (χ0) is 30.7. The van der Waals surface area contributed by atoms with Crippen LogP contribution in [0.25, 0.3) is 10.9 Å². The number of carbonyl (C=O) groups excluding carboxylic acids is 2. The lowest BCUT2D eigenvalue weighted by atomic mass is 10.0. The van der Waals surface area contributed by atoms with Crippen LogP contribution in [-0.4, -0.2) is 44.6 Å². The second-order valence-electron chi connectivity index (χ2n) is 10.1.